The molecule has 1 amide bonds. The molecule has 0 bridgehead atoms. The molecule has 0 unspecified atom stereocenters. The van der Waals surface area contributed by atoms with Gasteiger partial charge in [-0.05, 0) is 57.9 Å². The third-order valence-electron chi connectivity index (χ3n) is 3.96. The minimum Gasteiger partial charge on any atom is -0.494 e. The van der Waals surface area contributed by atoms with Crippen molar-refractivity contribution in [3.63, 3.8) is 0 Å². The van der Waals surface area contributed by atoms with Crippen molar-refractivity contribution in [1.29, 1.82) is 5.26 Å². The van der Waals surface area contributed by atoms with E-state index >= 15 is 0 Å². The molecule has 1 aliphatic heterocycles. The van der Waals surface area contributed by atoms with Crippen LogP contribution in [0.1, 0.15) is 33.6 Å². The van der Waals surface area contributed by atoms with Gasteiger partial charge in [-0.2, -0.15) is 9.57 Å². The average Bonchev–Trinajstić information content (AvgIpc) is 3.06. The smallest absolute Gasteiger partial charge is 0.243 e. The molecule has 1 aliphatic rings. The zero-order valence-corrected chi connectivity index (χ0v) is 15.5. The number of nitriles is 1. The molecule has 1 saturated heterocycles. The standard InChI is InChI=1S/C17H23N3O4S/c1-4-24-13-7-9-14(10-8-13)25(22,23)20-11-5-6-15(20)16(21)19-17(2,3)12-18/h7-10,15H,4-6,11H2,1-3H3,(H,19,21)/t15-/m1/s1. The van der Waals surface area contributed by atoms with E-state index in [4.69, 9.17) is 10.00 Å². The fourth-order valence-corrected chi connectivity index (χ4v) is 4.38. The Morgan fingerprint density at radius 3 is 2.60 bits per heavy atom. The van der Waals surface area contributed by atoms with Crippen LogP contribution < -0.4 is 10.1 Å². The molecule has 0 aliphatic carbocycles. The molecule has 0 radical (unpaired) electrons. The van der Waals surface area contributed by atoms with Gasteiger partial charge in [0.05, 0.1) is 17.6 Å². The van der Waals surface area contributed by atoms with Gasteiger partial charge < -0.3 is 10.1 Å². The highest BCUT2D eigenvalue weighted by Crippen LogP contribution is 2.27. The number of carbonyl (C=O) groups excluding carboxylic acids is 1. The maximum absolute atomic E-state index is 12.9. The molecule has 1 atom stereocenters. The van der Waals surface area contributed by atoms with Crippen molar-refractivity contribution >= 4 is 15.9 Å². The summed E-state index contributed by atoms with van der Waals surface area (Å²) >= 11 is 0. The highest BCUT2D eigenvalue weighted by Gasteiger charge is 2.40. The number of nitrogens with one attached hydrogen (secondary N) is 1. The summed E-state index contributed by atoms with van der Waals surface area (Å²) in [5.74, 6) is 0.145. The van der Waals surface area contributed by atoms with Crippen LogP contribution in [-0.2, 0) is 14.8 Å². The monoisotopic (exact) mass is 365 g/mol. The second-order valence-electron chi connectivity index (χ2n) is 6.40. The van der Waals surface area contributed by atoms with E-state index in [-0.39, 0.29) is 11.4 Å². The van der Waals surface area contributed by atoms with Crippen LogP contribution in [0.3, 0.4) is 0 Å². The Kier molecular flexibility index (Phi) is 5.70. The van der Waals surface area contributed by atoms with Gasteiger partial charge in [-0.15, -0.1) is 0 Å². The average molecular weight is 365 g/mol. The fourth-order valence-electron chi connectivity index (χ4n) is 2.72. The highest BCUT2D eigenvalue weighted by molar-refractivity contribution is 7.89. The zero-order valence-electron chi connectivity index (χ0n) is 14.7. The maximum Gasteiger partial charge on any atom is 0.243 e. The molecule has 7 nitrogen and oxygen atoms in total. The van der Waals surface area contributed by atoms with Gasteiger partial charge in [0.25, 0.3) is 0 Å². The summed E-state index contributed by atoms with van der Waals surface area (Å²) in [6.07, 6.45) is 1.03. The fraction of sp³-hybridized carbons (Fsp3) is 0.529. The molecular weight excluding hydrogens is 342 g/mol. The summed E-state index contributed by atoms with van der Waals surface area (Å²) in [6, 6.07) is 7.34. The van der Waals surface area contributed by atoms with E-state index < -0.39 is 27.5 Å². The maximum atomic E-state index is 12.9. The summed E-state index contributed by atoms with van der Waals surface area (Å²) in [4.78, 5) is 12.6. The summed E-state index contributed by atoms with van der Waals surface area (Å²) < 4.78 is 32.3. The van der Waals surface area contributed by atoms with Crippen LogP contribution >= 0.6 is 0 Å². The molecule has 1 aromatic carbocycles. The SMILES string of the molecule is CCOc1ccc(S(=O)(=O)N2CCC[C@@H]2C(=O)NC(C)(C)C#N)cc1. The summed E-state index contributed by atoms with van der Waals surface area (Å²) in [6.45, 7) is 5.77. The number of hydrogen-bond acceptors (Lipinski definition) is 5. The van der Waals surface area contributed by atoms with Crippen molar-refractivity contribution in [2.24, 2.45) is 0 Å². The third kappa shape index (κ3) is 4.30. The second-order valence-corrected chi connectivity index (χ2v) is 8.29. The number of benzene rings is 1. The molecule has 1 fully saturated rings. The quantitative estimate of drug-likeness (QED) is 0.826. The van der Waals surface area contributed by atoms with Crippen LogP contribution in [0.25, 0.3) is 0 Å². The zero-order chi connectivity index (χ0) is 18.7. The van der Waals surface area contributed by atoms with Gasteiger partial charge in [-0.25, -0.2) is 8.42 Å². The molecule has 8 heteroatoms. The van der Waals surface area contributed by atoms with Crippen molar-refractivity contribution in [3.05, 3.63) is 24.3 Å². The number of amides is 1. The molecule has 1 heterocycles. The van der Waals surface area contributed by atoms with E-state index in [2.05, 4.69) is 5.32 Å². The Hall–Kier alpha value is -2.11. The molecule has 0 aromatic heterocycles. The number of carbonyl (C=O) groups is 1. The minimum absolute atomic E-state index is 0.121. The van der Waals surface area contributed by atoms with Crippen LogP contribution in [0.4, 0.5) is 0 Å². The van der Waals surface area contributed by atoms with Crippen molar-refractivity contribution in [1.82, 2.24) is 9.62 Å². The van der Waals surface area contributed by atoms with Gasteiger partial charge in [0, 0.05) is 6.54 Å². The Morgan fingerprint density at radius 2 is 2.04 bits per heavy atom. The first-order valence-electron chi connectivity index (χ1n) is 8.19. The normalized spacial score (nSPS) is 18.6. The number of sulfonamides is 1. The van der Waals surface area contributed by atoms with Gasteiger partial charge in [0.15, 0.2) is 0 Å². The van der Waals surface area contributed by atoms with E-state index in [9.17, 15) is 13.2 Å². The lowest BCUT2D eigenvalue weighted by Gasteiger charge is -2.26. The summed E-state index contributed by atoms with van der Waals surface area (Å²) in [5.41, 5.74) is -1.05. The van der Waals surface area contributed by atoms with Crippen molar-refractivity contribution in [3.8, 4) is 11.8 Å². The van der Waals surface area contributed by atoms with Crippen LogP contribution in [0.2, 0.25) is 0 Å². The lowest BCUT2D eigenvalue weighted by Crippen LogP contribution is -2.51. The van der Waals surface area contributed by atoms with Crippen LogP contribution in [-0.4, -0.2) is 43.4 Å². The molecule has 25 heavy (non-hydrogen) atoms. The number of ether oxygens (including phenoxy) is 1. The van der Waals surface area contributed by atoms with E-state index in [0.29, 0.717) is 25.2 Å². The molecule has 2 rings (SSSR count). The molecule has 0 spiro atoms. The topological polar surface area (TPSA) is 99.5 Å². The van der Waals surface area contributed by atoms with Gasteiger partial charge in [0.2, 0.25) is 15.9 Å². The largest absolute Gasteiger partial charge is 0.494 e. The summed E-state index contributed by atoms with van der Waals surface area (Å²) in [7, 11) is -3.79. The van der Waals surface area contributed by atoms with E-state index in [1.165, 1.54) is 16.4 Å². The Balaban J connectivity index is 2.22. The van der Waals surface area contributed by atoms with Crippen molar-refractivity contribution in [2.75, 3.05) is 13.2 Å². The predicted molar refractivity (Wildman–Crippen MR) is 92.4 cm³/mol. The first-order valence-corrected chi connectivity index (χ1v) is 9.63. The van der Waals surface area contributed by atoms with E-state index in [0.717, 1.165) is 0 Å². The van der Waals surface area contributed by atoms with Crippen LogP contribution in [0.5, 0.6) is 5.75 Å². The Labute approximate surface area is 148 Å². The lowest BCUT2D eigenvalue weighted by molar-refractivity contribution is -0.125. The first-order chi connectivity index (χ1) is 11.7. The van der Waals surface area contributed by atoms with Crippen LogP contribution in [0.15, 0.2) is 29.2 Å². The van der Waals surface area contributed by atoms with E-state index in [1.54, 1.807) is 26.0 Å². The molecule has 136 valence electrons. The van der Waals surface area contributed by atoms with Gasteiger partial charge >= 0.3 is 0 Å². The van der Waals surface area contributed by atoms with Crippen molar-refractivity contribution < 1.29 is 17.9 Å². The highest BCUT2D eigenvalue weighted by atomic mass is 32.2. The predicted octanol–water partition coefficient (Wildman–Crippen LogP) is 1.66. The number of hydrogen-bond donors (Lipinski definition) is 1. The first kappa shape index (κ1) is 19.2. The van der Waals surface area contributed by atoms with Crippen LogP contribution in [0, 0.1) is 11.3 Å². The molecular formula is C17H23N3O4S. The molecule has 0 saturated carbocycles. The Bertz CT molecular complexity index is 766. The number of nitrogens with zero attached hydrogens (tertiary/aromatic N) is 2. The van der Waals surface area contributed by atoms with E-state index in [1.807, 2.05) is 13.0 Å². The Morgan fingerprint density at radius 1 is 1.40 bits per heavy atom. The van der Waals surface area contributed by atoms with Gasteiger partial charge in [-0.3, -0.25) is 4.79 Å². The number of rotatable bonds is 6. The molecule has 1 aromatic rings. The minimum atomic E-state index is -3.79. The van der Waals surface area contributed by atoms with Gasteiger partial charge in [-0.1, -0.05) is 0 Å². The summed E-state index contributed by atoms with van der Waals surface area (Å²) in [5, 5.41) is 11.7. The van der Waals surface area contributed by atoms with Gasteiger partial charge in [0.1, 0.15) is 17.3 Å². The lowest BCUT2D eigenvalue weighted by atomic mass is 10.1. The van der Waals surface area contributed by atoms with Crippen molar-refractivity contribution in [2.45, 2.75) is 50.1 Å². The second kappa shape index (κ2) is 7.42. The molecule has 1 N–H and O–H groups in total. The third-order valence-corrected chi connectivity index (χ3v) is 5.89.